The molecule has 1 heterocycles. The van der Waals surface area contributed by atoms with Crippen molar-refractivity contribution in [3.8, 4) is 0 Å². The van der Waals surface area contributed by atoms with Crippen LogP contribution in [-0.2, 0) is 0 Å². The number of carbonyl (C=O) groups is 1. The van der Waals surface area contributed by atoms with Crippen LogP contribution in [0.4, 0.5) is 0 Å². The van der Waals surface area contributed by atoms with Crippen molar-refractivity contribution >= 4 is 17.7 Å². The molecule has 0 bridgehead atoms. The molecule has 0 radical (unpaired) electrons. The molecule has 0 aliphatic heterocycles. The molecule has 1 N–H and O–H groups in total. The highest BCUT2D eigenvalue weighted by Gasteiger charge is 2.14. The summed E-state index contributed by atoms with van der Waals surface area (Å²) in [6.45, 7) is 2.27. The van der Waals surface area contributed by atoms with Gasteiger partial charge in [0.15, 0.2) is 0 Å². The molecular weight excluding hydrogens is 404 g/mol. The maximum Gasteiger partial charge on any atom is 0.277 e. The van der Waals surface area contributed by atoms with E-state index >= 15 is 0 Å². The molecule has 0 spiro atoms. The fraction of sp³-hybridized carbons (Fsp3) is 0.615. The van der Waals surface area contributed by atoms with Gasteiger partial charge in [-0.1, -0.05) is 109 Å². The number of aromatic amines is 1. The molecule has 0 saturated carbocycles. The molecule has 5 heteroatoms. The predicted molar refractivity (Wildman–Crippen MR) is 132 cm³/mol. The van der Waals surface area contributed by atoms with Gasteiger partial charge in [0.1, 0.15) is 5.03 Å². The van der Waals surface area contributed by atoms with Gasteiger partial charge in [-0.25, -0.2) is 4.68 Å². The second-order valence-corrected chi connectivity index (χ2v) is 9.53. The Bertz CT molecular complexity index is 782. The average molecular weight is 445 g/mol. The van der Waals surface area contributed by atoms with Gasteiger partial charge < -0.3 is 0 Å². The van der Waals surface area contributed by atoms with Crippen LogP contribution in [0.5, 0.6) is 0 Å². The first-order valence-corrected chi connectivity index (χ1v) is 13.3. The largest absolute Gasteiger partial charge is 0.277 e. The highest BCUT2D eigenvalue weighted by molar-refractivity contribution is 7.99. The van der Waals surface area contributed by atoms with Gasteiger partial charge in [0.25, 0.3) is 11.5 Å². The smallest absolute Gasteiger partial charge is 0.268 e. The van der Waals surface area contributed by atoms with Crippen LogP contribution >= 0.6 is 11.8 Å². The van der Waals surface area contributed by atoms with Crippen molar-refractivity contribution in [1.82, 2.24) is 9.78 Å². The van der Waals surface area contributed by atoms with Crippen molar-refractivity contribution in [2.24, 2.45) is 0 Å². The molecule has 0 unspecified atom stereocenters. The number of rotatable bonds is 17. The summed E-state index contributed by atoms with van der Waals surface area (Å²) in [6, 6.07) is 10.6. The summed E-state index contributed by atoms with van der Waals surface area (Å²) in [7, 11) is 0. The number of thioether (sulfide) groups is 1. The first-order chi connectivity index (χ1) is 15.2. The zero-order valence-electron chi connectivity index (χ0n) is 19.2. The summed E-state index contributed by atoms with van der Waals surface area (Å²) in [6.07, 6.45) is 18.9. The van der Waals surface area contributed by atoms with Gasteiger partial charge in [0, 0.05) is 11.6 Å². The van der Waals surface area contributed by atoms with E-state index in [9.17, 15) is 9.59 Å². The van der Waals surface area contributed by atoms with Crippen molar-refractivity contribution in [2.45, 2.75) is 102 Å². The Morgan fingerprint density at radius 1 is 0.806 bits per heavy atom. The Hall–Kier alpha value is -1.75. The lowest BCUT2D eigenvalue weighted by Crippen LogP contribution is -2.16. The third-order valence-electron chi connectivity index (χ3n) is 5.67. The highest BCUT2D eigenvalue weighted by atomic mass is 32.2. The van der Waals surface area contributed by atoms with Crippen LogP contribution in [0.2, 0.25) is 0 Å². The third-order valence-corrected chi connectivity index (χ3v) is 6.76. The van der Waals surface area contributed by atoms with E-state index in [4.69, 9.17) is 0 Å². The van der Waals surface area contributed by atoms with Crippen LogP contribution < -0.4 is 5.56 Å². The van der Waals surface area contributed by atoms with Crippen molar-refractivity contribution in [3.05, 3.63) is 52.3 Å². The first kappa shape index (κ1) is 25.5. The summed E-state index contributed by atoms with van der Waals surface area (Å²) in [5.41, 5.74) is 0.348. The Balaban J connectivity index is 1.51. The predicted octanol–water partition coefficient (Wildman–Crippen LogP) is 7.44. The van der Waals surface area contributed by atoms with E-state index in [0.29, 0.717) is 10.6 Å². The molecule has 0 atom stereocenters. The van der Waals surface area contributed by atoms with Crippen molar-refractivity contribution in [2.75, 3.05) is 5.75 Å². The molecule has 172 valence electrons. The molecule has 2 aromatic rings. The van der Waals surface area contributed by atoms with E-state index in [1.807, 2.05) is 18.2 Å². The Kier molecular flexibility index (Phi) is 13.1. The van der Waals surface area contributed by atoms with Gasteiger partial charge in [0.05, 0.1) is 0 Å². The van der Waals surface area contributed by atoms with Gasteiger partial charge >= 0.3 is 0 Å². The summed E-state index contributed by atoms with van der Waals surface area (Å²) in [4.78, 5) is 24.4. The second-order valence-electron chi connectivity index (χ2n) is 8.41. The topological polar surface area (TPSA) is 54.9 Å². The minimum atomic E-state index is -0.229. The molecule has 0 amide bonds. The van der Waals surface area contributed by atoms with Crippen molar-refractivity contribution < 1.29 is 4.79 Å². The first-order valence-electron chi connectivity index (χ1n) is 12.3. The van der Waals surface area contributed by atoms with Gasteiger partial charge in [-0.3, -0.25) is 14.7 Å². The SMILES string of the molecule is CCCCCCCCCCCCCCCCSc1cc(=O)[nH]n1C(=O)c1ccccc1. The molecule has 0 saturated heterocycles. The van der Waals surface area contributed by atoms with Gasteiger partial charge in [-0.05, 0) is 24.3 Å². The minimum absolute atomic E-state index is 0.189. The molecule has 0 fully saturated rings. The standard InChI is InChI=1S/C26H40N2O2S/c1-2-3-4-5-6-7-8-9-10-11-12-13-14-18-21-31-25-22-24(29)27-28(25)26(30)23-19-16-15-17-20-23/h15-17,19-20,22H,2-14,18,21H2,1H3,(H,27,29). The van der Waals surface area contributed by atoms with Crippen molar-refractivity contribution in [3.63, 3.8) is 0 Å². The zero-order valence-corrected chi connectivity index (χ0v) is 20.1. The number of benzene rings is 1. The second kappa shape index (κ2) is 16.0. The maximum atomic E-state index is 12.6. The lowest BCUT2D eigenvalue weighted by atomic mass is 10.0. The lowest BCUT2D eigenvalue weighted by Gasteiger charge is -2.07. The molecule has 0 aliphatic rings. The third kappa shape index (κ3) is 10.4. The molecule has 0 aliphatic carbocycles. The van der Waals surface area contributed by atoms with E-state index in [0.717, 1.165) is 12.2 Å². The quantitative estimate of drug-likeness (QED) is 0.204. The Labute approximate surface area is 192 Å². The number of hydrogen-bond donors (Lipinski definition) is 1. The van der Waals surface area contributed by atoms with Crippen LogP contribution in [-0.4, -0.2) is 21.4 Å². The number of unbranched alkanes of at least 4 members (excludes halogenated alkanes) is 13. The summed E-state index contributed by atoms with van der Waals surface area (Å²) < 4.78 is 1.38. The van der Waals surface area contributed by atoms with Crippen LogP contribution in [0.3, 0.4) is 0 Å². The monoisotopic (exact) mass is 444 g/mol. The van der Waals surface area contributed by atoms with E-state index in [1.165, 1.54) is 94.2 Å². The minimum Gasteiger partial charge on any atom is -0.268 e. The number of carbonyl (C=O) groups excluding carboxylic acids is 1. The fourth-order valence-electron chi connectivity index (χ4n) is 3.81. The van der Waals surface area contributed by atoms with Crippen LogP contribution in [0.25, 0.3) is 0 Å². The lowest BCUT2D eigenvalue weighted by molar-refractivity contribution is 0.0934. The molecular formula is C26H40N2O2S. The molecule has 2 rings (SSSR count). The van der Waals surface area contributed by atoms with E-state index in [-0.39, 0.29) is 11.5 Å². The number of H-pyrrole nitrogens is 1. The van der Waals surface area contributed by atoms with Crippen molar-refractivity contribution in [1.29, 1.82) is 0 Å². The number of hydrogen-bond acceptors (Lipinski definition) is 3. The zero-order chi connectivity index (χ0) is 22.2. The molecule has 31 heavy (non-hydrogen) atoms. The molecule has 1 aromatic heterocycles. The van der Waals surface area contributed by atoms with E-state index < -0.39 is 0 Å². The summed E-state index contributed by atoms with van der Waals surface area (Å²) in [5, 5.41) is 3.34. The summed E-state index contributed by atoms with van der Waals surface area (Å²) in [5.74, 6) is 0.739. The Morgan fingerprint density at radius 3 is 1.87 bits per heavy atom. The molecule has 4 nitrogen and oxygen atoms in total. The summed E-state index contributed by atoms with van der Waals surface area (Å²) >= 11 is 1.59. The van der Waals surface area contributed by atoms with Crippen LogP contribution in [0.1, 0.15) is 107 Å². The van der Waals surface area contributed by atoms with Crippen LogP contribution in [0.15, 0.2) is 46.2 Å². The number of nitrogens with zero attached hydrogens (tertiary/aromatic N) is 1. The van der Waals surface area contributed by atoms with E-state index in [1.54, 1.807) is 23.9 Å². The average Bonchev–Trinajstić information content (AvgIpc) is 3.16. The Morgan fingerprint density at radius 2 is 1.32 bits per heavy atom. The van der Waals surface area contributed by atoms with Crippen LogP contribution in [0, 0.1) is 0 Å². The normalized spacial score (nSPS) is 11.1. The van der Waals surface area contributed by atoms with Gasteiger partial charge in [-0.2, -0.15) is 0 Å². The van der Waals surface area contributed by atoms with E-state index in [2.05, 4.69) is 12.0 Å². The highest BCUT2D eigenvalue weighted by Crippen LogP contribution is 2.20. The number of nitrogens with one attached hydrogen (secondary N) is 1. The van der Waals surface area contributed by atoms with Gasteiger partial charge in [-0.15, -0.1) is 11.8 Å². The van der Waals surface area contributed by atoms with Gasteiger partial charge in [0.2, 0.25) is 0 Å². The fourth-order valence-corrected chi connectivity index (χ4v) is 4.82. The number of aromatic nitrogens is 2. The maximum absolute atomic E-state index is 12.6. The molecule has 1 aromatic carbocycles.